The molecular formula is C14H24N4O2. The minimum Gasteiger partial charge on any atom is -0.342 e. The number of urea groups is 1. The Morgan fingerprint density at radius 3 is 2.45 bits per heavy atom. The fourth-order valence-electron chi connectivity index (χ4n) is 3.76. The number of carbonyl (C=O) groups is 2. The van der Waals surface area contributed by atoms with E-state index in [1.54, 1.807) is 0 Å². The number of carbonyl (C=O) groups excluding carboxylic acids is 2. The van der Waals surface area contributed by atoms with Crippen molar-refractivity contribution in [3.05, 3.63) is 0 Å². The summed E-state index contributed by atoms with van der Waals surface area (Å²) in [6.07, 6.45) is 4.76. The first-order valence-corrected chi connectivity index (χ1v) is 7.75. The Morgan fingerprint density at radius 2 is 1.90 bits per heavy atom. The molecular weight excluding hydrogens is 256 g/mol. The molecule has 3 rings (SSSR count). The molecule has 1 saturated carbocycles. The molecule has 0 bridgehead atoms. The Balaban J connectivity index is 1.53. The van der Waals surface area contributed by atoms with E-state index >= 15 is 0 Å². The normalized spacial score (nSPS) is 31.8. The Hall–Kier alpha value is -1.30. The van der Waals surface area contributed by atoms with Gasteiger partial charge in [-0.3, -0.25) is 4.79 Å². The number of nitrogens with one attached hydrogen (secondary N) is 1. The second kappa shape index (κ2) is 5.60. The number of rotatable bonds is 2. The first-order chi connectivity index (χ1) is 9.66. The van der Waals surface area contributed by atoms with Gasteiger partial charge < -0.3 is 20.9 Å². The van der Waals surface area contributed by atoms with Gasteiger partial charge in [0, 0.05) is 38.3 Å². The molecule has 112 valence electrons. The second-order valence-corrected chi connectivity index (χ2v) is 6.18. The highest BCUT2D eigenvalue weighted by molar-refractivity contribution is 5.80. The van der Waals surface area contributed by atoms with Crippen molar-refractivity contribution in [2.45, 2.75) is 44.2 Å². The van der Waals surface area contributed by atoms with Crippen molar-refractivity contribution < 1.29 is 9.59 Å². The number of hydrogen-bond donors (Lipinski definition) is 2. The number of nitrogens with zero attached hydrogens (tertiary/aromatic N) is 2. The third kappa shape index (κ3) is 2.49. The second-order valence-electron chi connectivity index (χ2n) is 6.18. The van der Waals surface area contributed by atoms with Crippen molar-refractivity contribution in [3.8, 4) is 0 Å². The first kappa shape index (κ1) is 13.7. The van der Waals surface area contributed by atoms with Crippen LogP contribution in [0.3, 0.4) is 0 Å². The van der Waals surface area contributed by atoms with E-state index in [2.05, 4.69) is 5.32 Å². The van der Waals surface area contributed by atoms with E-state index in [0.29, 0.717) is 6.04 Å². The molecule has 2 heterocycles. The number of amides is 3. The third-order valence-electron chi connectivity index (χ3n) is 4.99. The molecule has 1 aliphatic carbocycles. The van der Waals surface area contributed by atoms with E-state index in [4.69, 9.17) is 5.73 Å². The van der Waals surface area contributed by atoms with Gasteiger partial charge in [-0.2, -0.15) is 0 Å². The van der Waals surface area contributed by atoms with Gasteiger partial charge in [0.05, 0.1) is 5.92 Å². The predicted molar refractivity (Wildman–Crippen MR) is 75.0 cm³/mol. The lowest BCUT2D eigenvalue weighted by Crippen LogP contribution is -2.50. The average molecular weight is 280 g/mol. The number of piperidine rings is 1. The summed E-state index contributed by atoms with van der Waals surface area (Å²) in [7, 11) is 0. The molecule has 0 spiro atoms. The van der Waals surface area contributed by atoms with Gasteiger partial charge in [0.15, 0.2) is 0 Å². The lowest BCUT2D eigenvalue weighted by atomic mass is 9.98. The largest absolute Gasteiger partial charge is 0.342 e. The van der Waals surface area contributed by atoms with Crippen LogP contribution in [-0.2, 0) is 4.79 Å². The highest BCUT2D eigenvalue weighted by Gasteiger charge is 2.36. The highest BCUT2D eigenvalue weighted by atomic mass is 16.2. The van der Waals surface area contributed by atoms with Crippen LogP contribution in [0, 0.1) is 5.92 Å². The summed E-state index contributed by atoms with van der Waals surface area (Å²) < 4.78 is 0. The molecule has 6 heteroatoms. The summed E-state index contributed by atoms with van der Waals surface area (Å²) in [6.45, 7) is 3.06. The molecule has 0 aromatic heterocycles. The molecule has 2 unspecified atom stereocenters. The first-order valence-electron chi connectivity index (χ1n) is 7.75. The van der Waals surface area contributed by atoms with Gasteiger partial charge in [-0.15, -0.1) is 0 Å². The van der Waals surface area contributed by atoms with Crippen molar-refractivity contribution in [2.75, 3.05) is 26.2 Å². The Morgan fingerprint density at radius 1 is 1.15 bits per heavy atom. The molecule has 0 aromatic carbocycles. The van der Waals surface area contributed by atoms with E-state index < -0.39 is 0 Å². The molecule has 2 atom stereocenters. The van der Waals surface area contributed by atoms with Crippen LogP contribution < -0.4 is 11.1 Å². The smallest absolute Gasteiger partial charge is 0.317 e. The van der Waals surface area contributed by atoms with Gasteiger partial charge in [0.1, 0.15) is 0 Å². The molecule has 0 radical (unpaired) electrons. The van der Waals surface area contributed by atoms with Crippen molar-refractivity contribution in [1.29, 1.82) is 0 Å². The minimum absolute atomic E-state index is 0.0293. The number of likely N-dealkylation sites (tertiary alicyclic amines) is 1. The van der Waals surface area contributed by atoms with Crippen molar-refractivity contribution in [2.24, 2.45) is 11.7 Å². The molecule has 0 aromatic rings. The molecule has 2 aliphatic heterocycles. The average Bonchev–Trinajstić information content (AvgIpc) is 3.07. The summed E-state index contributed by atoms with van der Waals surface area (Å²) in [5, 5.41) is 2.84. The quantitative estimate of drug-likeness (QED) is 0.754. The van der Waals surface area contributed by atoms with E-state index in [1.165, 1.54) is 0 Å². The van der Waals surface area contributed by atoms with Crippen LogP contribution in [-0.4, -0.2) is 60.0 Å². The molecule has 20 heavy (non-hydrogen) atoms. The van der Waals surface area contributed by atoms with Crippen LogP contribution in [0.2, 0.25) is 0 Å². The fourth-order valence-corrected chi connectivity index (χ4v) is 3.76. The van der Waals surface area contributed by atoms with E-state index in [1.807, 2.05) is 9.80 Å². The van der Waals surface area contributed by atoms with E-state index in [9.17, 15) is 9.59 Å². The summed E-state index contributed by atoms with van der Waals surface area (Å²) in [5.41, 5.74) is 6.02. The molecule has 3 aliphatic rings. The minimum atomic E-state index is 0.0293. The standard InChI is InChI=1S/C14H24N4O2/c15-12-3-1-2-11(12)13(19)17-7-4-10(5-8-17)18-9-6-16-14(18)20/h10-12H,1-9,15H2,(H,16,20). The maximum atomic E-state index is 12.5. The summed E-state index contributed by atoms with van der Waals surface area (Å²) in [4.78, 5) is 28.0. The topological polar surface area (TPSA) is 78.7 Å². The lowest BCUT2D eigenvalue weighted by Gasteiger charge is -2.37. The van der Waals surface area contributed by atoms with Gasteiger partial charge >= 0.3 is 6.03 Å². The number of hydrogen-bond acceptors (Lipinski definition) is 3. The molecule has 3 amide bonds. The zero-order chi connectivity index (χ0) is 14.1. The van der Waals surface area contributed by atoms with Crippen LogP contribution in [0.15, 0.2) is 0 Å². The van der Waals surface area contributed by atoms with Crippen LogP contribution in [0.25, 0.3) is 0 Å². The maximum Gasteiger partial charge on any atom is 0.317 e. The highest BCUT2D eigenvalue weighted by Crippen LogP contribution is 2.27. The monoisotopic (exact) mass is 280 g/mol. The maximum absolute atomic E-state index is 12.5. The summed E-state index contributed by atoms with van der Waals surface area (Å²) >= 11 is 0. The molecule has 6 nitrogen and oxygen atoms in total. The van der Waals surface area contributed by atoms with E-state index in [-0.39, 0.29) is 23.9 Å². The van der Waals surface area contributed by atoms with Crippen molar-refractivity contribution in [3.63, 3.8) is 0 Å². The van der Waals surface area contributed by atoms with Gasteiger partial charge in [-0.1, -0.05) is 6.42 Å². The molecule has 3 fully saturated rings. The van der Waals surface area contributed by atoms with Crippen LogP contribution in [0.5, 0.6) is 0 Å². The molecule has 3 N–H and O–H groups in total. The predicted octanol–water partition coefficient (Wildman–Crippen LogP) is 0.130. The van der Waals surface area contributed by atoms with Gasteiger partial charge in [-0.25, -0.2) is 4.79 Å². The Labute approximate surface area is 119 Å². The van der Waals surface area contributed by atoms with Crippen molar-refractivity contribution >= 4 is 11.9 Å². The zero-order valence-electron chi connectivity index (χ0n) is 11.9. The van der Waals surface area contributed by atoms with Crippen LogP contribution >= 0.6 is 0 Å². The number of nitrogens with two attached hydrogens (primary N) is 1. The third-order valence-corrected chi connectivity index (χ3v) is 4.99. The summed E-state index contributed by atoms with van der Waals surface area (Å²) in [6, 6.07) is 0.385. The Bertz CT molecular complexity index is 393. The SMILES string of the molecule is NC1CCCC1C(=O)N1CCC(N2CCNC2=O)CC1. The fraction of sp³-hybridized carbons (Fsp3) is 0.857. The van der Waals surface area contributed by atoms with Gasteiger partial charge in [-0.05, 0) is 25.7 Å². The lowest BCUT2D eigenvalue weighted by molar-refractivity contribution is -0.137. The van der Waals surface area contributed by atoms with Gasteiger partial charge in [0.25, 0.3) is 0 Å². The summed E-state index contributed by atoms with van der Waals surface area (Å²) in [5.74, 6) is 0.265. The van der Waals surface area contributed by atoms with Crippen LogP contribution in [0.1, 0.15) is 32.1 Å². The van der Waals surface area contributed by atoms with E-state index in [0.717, 1.165) is 58.3 Å². The Kier molecular flexibility index (Phi) is 3.83. The van der Waals surface area contributed by atoms with Crippen molar-refractivity contribution in [1.82, 2.24) is 15.1 Å². The van der Waals surface area contributed by atoms with Crippen LogP contribution in [0.4, 0.5) is 4.79 Å². The van der Waals surface area contributed by atoms with Gasteiger partial charge in [0.2, 0.25) is 5.91 Å². The zero-order valence-corrected chi connectivity index (χ0v) is 11.9. The molecule has 2 saturated heterocycles.